The lowest BCUT2D eigenvalue weighted by Crippen LogP contribution is -2.12. The summed E-state index contributed by atoms with van der Waals surface area (Å²) in [7, 11) is 0. The third-order valence-corrected chi connectivity index (χ3v) is 21.1. The van der Waals surface area contributed by atoms with E-state index in [-0.39, 0.29) is 21.7 Å². The summed E-state index contributed by atoms with van der Waals surface area (Å²) in [4.78, 5) is 0. The number of rotatable bonds is 4. The molecule has 0 nitrogen and oxygen atoms in total. The fourth-order valence-electron chi connectivity index (χ4n) is 16.7. The lowest BCUT2D eigenvalue weighted by Gasteiger charge is -2.25. The van der Waals surface area contributed by atoms with Gasteiger partial charge in [-0.25, -0.2) is 0 Å². The lowest BCUT2D eigenvalue weighted by atomic mass is 9.78. The number of benzene rings is 16. The number of fused-ring (bicyclic) bond motifs is 11. The second-order valence-corrected chi connectivity index (χ2v) is 30.6. The summed E-state index contributed by atoms with van der Waals surface area (Å²) in [6, 6.07) is 86.1. The van der Waals surface area contributed by atoms with Crippen molar-refractivity contribution in [1.29, 1.82) is 0 Å². The van der Waals surface area contributed by atoms with Crippen LogP contribution in [0.15, 0.2) is 218 Å². The van der Waals surface area contributed by atoms with E-state index in [1.165, 1.54) is 207 Å². The number of hydrogen-bond donors (Lipinski definition) is 0. The van der Waals surface area contributed by atoms with E-state index < -0.39 is 0 Å². The molecule has 0 bridgehead atoms. The first-order chi connectivity index (χ1) is 43.2. The Hall–Kier alpha value is -9.62. The Balaban J connectivity index is 1.13. The molecule has 18 aromatic rings. The van der Waals surface area contributed by atoms with Gasteiger partial charge < -0.3 is 0 Å². The van der Waals surface area contributed by atoms with E-state index in [2.05, 4.69) is 301 Å². The zero-order chi connectivity index (χ0) is 61.4. The van der Waals surface area contributed by atoms with Crippen LogP contribution in [0.3, 0.4) is 0 Å². The summed E-state index contributed by atoms with van der Waals surface area (Å²) in [6.45, 7) is 28.4. The molecule has 0 aliphatic carbocycles. The van der Waals surface area contributed by atoms with Gasteiger partial charge in [0.2, 0.25) is 0 Å². The molecule has 0 N–H and O–H groups in total. The quantitative estimate of drug-likeness (QED) is 0.122. The lowest BCUT2D eigenvalue weighted by molar-refractivity contribution is 0.589. The third kappa shape index (κ3) is 7.25. The molecule has 0 amide bonds. The van der Waals surface area contributed by atoms with Crippen LogP contribution in [0.1, 0.15) is 105 Å². The first kappa shape index (κ1) is 53.4. The molecular formula is C90H72. The van der Waals surface area contributed by atoms with Gasteiger partial charge in [-0.2, -0.15) is 0 Å². The molecule has 0 aromatic heterocycles. The first-order valence-corrected chi connectivity index (χ1v) is 32.7. The standard InChI is InChI=1S/C90H72/c1-87(2,3)55-41-53-42-56(88(4,5)6)46-68-60-34-38-64-79-63(37-33-59(77(60)79)67(45-55)71(53)68)81-73(49-25-17-13-18-26-49)85-75(51-29-21-15-22-30-51)83-65-39-35-61-69-47-57(89(7,8)9)43-54-44-58(90(10,11)12)48-70(72(54)69)62-36-40-66(80(65)78(61)62)84(83)76(52-31-23-16-24-32-52)86(85)74(82(64)81)50-27-19-14-20-28-50/h13-48H,1-12H3. The summed E-state index contributed by atoms with van der Waals surface area (Å²) in [5.74, 6) is 0. The summed E-state index contributed by atoms with van der Waals surface area (Å²) in [5.41, 5.74) is 15.3. The maximum atomic E-state index is 2.54. The van der Waals surface area contributed by atoms with Crippen LogP contribution >= 0.6 is 0 Å². The van der Waals surface area contributed by atoms with Crippen LogP contribution in [0.4, 0.5) is 0 Å². The zero-order valence-corrected chi connectivity index (χ0v) is 53.8. The monoisotopic (exact) mass is 1150 g/mol. The second-order valence-electron chi connectivity index (χ2n) is 30.6. The van der Waals surface area contributed by atoms with Crippen LogP contribution in [-0.2, 0) is 21.7 Å². The molecule has 0 saturated carbocycles. The van der Waals surface area contributed by atoms with Gasteiger partial charge in [-0.05, 0) is 253 Å². The molecule has 0 unspecified atom stereocenters. The zero-order valence-electron chi connectivity index (χ0n) is 53.8. The minimum Gasteiger partial charge on any atom is -0.0622 e. The largest absolute Gasteiger partial charge is 0.0622 e. The maximum absolute atomic E-state index is 2.54. The van der Waals surface area contributed by atoms with Gasteiger partial charge in [0.15, 0.2) is 0 Å². The van der Waals surface area contributed by atoms with Crippen molar-refractivity contribution in [3.63, 3.8) is 0 Å². The molecule has 18 aromatic carbocycles. The summed E-state index contributed by atoms with van der Waals surface area (Å²) < 4.78 is 0. The smallest absolute Gasteiger partial charge is 0.0000928 e. The molecule has 90 heavy (non-hydrogen) atoms. The summed E-state index contributed by atoms with van der Waals surface area (Å²) >= 11 is 0. The van der Waals surface area contributed by atoms with Crippen molar-refractivity contribution in [2.45, 2.75) is 105 Å². The second kappa shape index (κ2) is 18.0. The summed E-state index contributed by atoms with van der Waals surface area (Å²) in [6.07, 6.45) is 0. The highest BCUT2D eigenvalue weighted by Gasteiger charge is 2.34. The van der Waals surface area contributed by atoms with Crippen molar-refractivity contribution in [3.05, 3.63) is 241 Å². The van der Waals surface area contributed by atoms with E-state index in [0.29, 0.717) is 0 Å². The molecular weight excluding hydrogens is 1080 g/mol. The van der Waals surface area contributed by atoms with Crippen LogP contribution in [0.2, 0.25) is 0 Å². The predicted octanol–water partition coefficient (Wildman–Crippen LogP) is 26.3. The van der Waals surface area contributed by atoms with Gasteiger partial charge in [0, 0.05) is 0 Å². The fraction of sp³-hybridized carbons (Fsp3) is 0.178. The molecule has 0 aliphatic rings. The highest BCUT2D eigenvalue weighted by molar-refractivity contribution is 6.51. The van der Waals surface area contributed by atoms with Crippen LogP contribution in [-0.4, -0.2) is 0 Å². The van der Waals surface area contributed by atoms with Crippen LogP contribution < -0.4 is 0 Å². The molecule has 0 fully saturated rings. The molecule has 432 valence electrons. The van der Waals surface area contributed by atoms with Crippen LogP contribution in [0.5, 0.6) is 0 Å². The van der Waals surface area contributed by atoms with Gasteiger partial charge in [-0.15, -0.1) is 0 Å². The average molecular weight is 1150 g/mol. The molecule has 0 heteroatoms. The normalized spacial score (nSPS) is 13.3. The Kier molecular flexibility index (Phi) is 10.7. The Morgan fingerprint density at radius 1 is 0.167 bits per heavy atom. The average Bonchev–Trinajstić information content (AvgIpc) is 1.45. The maximum Gasteiger partial charge on any atom is -0.0000928 e. The molecule has 18 rings (SSSR count). The molecule has 0 saturated heterocycles. The van der Waals surface area contributed by atoms with Crippen molar-refractivity contribution < 1.29 is 0 Å². The van der Waals surface area contributed by atoms with Crippen molar-refractivity contribution in [2.24, 2.45) is 0 Å². The van der Waals surface area contributed by atoms with Crippen LogP contribution in [0, 0.1) is 0 Å². The van der Waals surface area contributed by atoms with Gasteiger partial charge in [0.25, 0.3) is 0 Å². The SMILES string of the molecule is CC(C)(C)c1cc2cc(C(C)(C)C)cc3c4ccc5c6c(-c7ccccc7)c7c(-c8ccccc8)c8c9ccc%10c%11cc(C(C)(C)C)cc%12cc(C(C)(C)C)cc(c%13ccc(c8c(-c8ccccc8)c7c(-c7ccccc7)c6c6ccc(c(c1)c23)c4c65)c9c%13%10)c%12%11. The van der Waals surface area contributed by atoms with Crippen molar-refractivity contribution in [3.8, 4) is 44.5 Å². The molecule has 0 spiro atoms. The van der Waals surface area contributed by atoms with Gasteiger partial charge in [0.05, 0.1) is 0 Å². The highest BCUT2D eigenvalue weighted by Crippen LogP contribution is 2.62. The van der Waals surface area contributed by atoms with E-state index in [9.17, 15) is 0 Å². The van der Waals surface area contributed by atoms with Gasteiger partial charge in [-0.3, -0.25) is 0 Å². The van der Waals surface area contributed by atoms with Crippen LogP contribution in [0.25, 0.3) is 185 Å². The Labute approximate surface area is 526 Å². The topological polar surface area (TPSA) is 0 Å². The first-order valence-electron chi connectivity index (χ1n) is 32.7. The minimum atomic E-state index is -0.0467. The van der Waals surface area contributed by atoms with Gasteiger partial charge in [-0.1, -0.05) is 277 Å². The molecule has 0 radical (unpaired) electrons. The van der Waals surface area contributed by atoms with Gasteiger partial charge >= 0.3 is 0 Å². The third-order valence-electron chi connectivity index (χ3n) is 21.1. The van der Waals surface area contributed by atoms with Crippen molar-refractivity contribution in [2.75, 3.05) is 0 Å². The minimum absolute atomic E-state index is 0.0467. The Bertz CT molecular complexity index is 5310. The van der Waals surface area contributed by atoms with Crippen molar-refractivity contribution in [1.82, 2.24) is 0 Å². The Morgan fingerprint density at radius 2 is 0.367 bits per heavy atom. The fourth-order valence-corrected chi connectivity index (χ4v) is 16.7. The van der Waals surface area contributed by atoms with Crippen molar-refractivity contribution >= 4 is 140 Å². The van der Waals surface area contributed by atoms with E-state index in [0.717, 1.165) is 0 Å². The number of hydrogen-bond acceptors (Lipinski definition) is 0. The molecule has 0 aliphatic heterocycles. The van der Waals surface area contributed by atoms with E-state index >= 15 is 0 Å². The molecule has 0 heterocycles. The Morgan fingerprint density at radius 3 is 0.578 bits per heavy atom. The van der Waals surface area contributed by atoms with E-state index in [4.69, 9.17) is 0 Å². The predicted molar refractivity (Wildman–Crippen MR) is 395 cm³/mol. The highest BCUT2D eigenvalue weighted by atomic mass is 14.4. The summed E-state index contributed by atoms with van der Waals surface area (Å²) in [5, 5.41) is 34.5. The molecule has 0 atom stereocenters. The van der Waals surface area contributed by atoms with E-state index in [1.807, 2.05) is 0 Å². The van der Waals surface area contributed by atoms with E-state index in [1.54, 1.807) is 0 Å². The van der Waals surface area contributed by atoms with Gasteiger partial charge in [0.1, 0.15) is 0 Å².